The van der Waals surface area contributed by atoms with E-state index in [2.05, 4.69) is 17.3 Å². The molecule has 20 heavy (non-hydrogen) atoms. The Morgan fingerprint density at radius 2 is 2.05 bits per heavy atom. The van der Waals surface area contributed by atoms with E-state index in [0.29, 0.717) is 19.1 Å². The molecule has 1 heterocycles. The first-order valence-electron chi connectivity index (χ1n) is 7.71. The molecule has 0 saturated carbocycles. The van der Waals surface area contributed by atoms with Gasteiger partial charge in [-0.1, -0.05) is 13.8 Å². The second-order valence-electron chi connectivity index (χ2n) is 5.90. The smallest absolute Gasteiger partial charge is 0.324 e. The standard InChI is InChI=1S/C15H30N2O3/c1-5-20-15(18)14(16-12(2)3)11-17(4)10-13-6-8-19-9-7-13/h12-14,16H,5-11H2,1-4H3. The van der Waals surface area contributed by atoms with Crippen LogP contribution < -0.4 is 5.32 Å². The third-order valence-corrected chi connectivity index (χ3v) is 3.51. The summed E-state index contributed by atoms with van der Waals surface area (Å²) in [6.07, 6.45) is 2.23. The van der Waals surface area contributed by atoms with Gasteiger partial charge in [-0.05, 0) is 32.7 Å². The normalized spacial score (nSPS) is 18.5. The van der Waals surface area contributed by atoms with Crippen LogP contribution >= 0.6 is 0 Å². The SMILES string of the molecule is CCOC(=O)C(CN(C)CC1CCOCC1)NC(C)C. The lowest BCUT2D eigenvalue weighted by molar-refractivity contribution is -0.146. The lowest BCUT2D eigenvalue weighted by Crippen LogP contribution is -2.49. The fourth-order valence-corrected chi connectivity index (χ4v) is 2.60. The Hall–Kier alpha value is -0.650. The first kappa shape index (κ1) is 17.4. The zero-order chi connectivity index (χ0) is 15.0. The molecule has 0 spiro atoms. The lowest BCUT2D eigenvalue weighted by atomic mass is 10.00. The molecule has 5 nitrogen and oxygen atoms in total. The number of hydrogen-bond acceptors (Lipinski definition) is 5. The summed E-state index contributed by atoms with van der Waals surface area (Å²) in [7, 11) is 2.07. The maximum absolute atomic E-state index is 12.0. The number of esters is 1. The van der Waals surface area contributed by atoms with Gasteiger partial charge >= 0.3 is 5.97 Å². The summed E-state index contributed by atoms with van der Waals surface area (Å²) < 4.78 is 10.5. The van der Waals surface area contributed by atoms with Crippen LogP contribution in [0.5, 0.6) is 0 Å². The molecule has 5 heteroatoms. The molecular formula is C15H30N2O3. The molecule has 118 valence electrons. The summed E-state index contributed by atoms with van der Waals surface area (Å²) in [5, 5.41) is 3.29. The Labute approximate surface area is 123 Å². The molecule has 1 N–H and O–H groups in total. The van der Waals surface area contributed by atoms with E-state index in [0.717, 1.165) is 32.6 Å². The molecule has 0 amide bonds. The summed E-state index contributed by atoms with van der Waals surface area (Å²) in [5.41, 5.74) is 0. The first-order valence-corrected chi connectivity index (χ1v) is 7.71. The molecule has 1 aliphatic rings. The summed E-state index contributed by atoms with van der Waals surface area (Å²) in [6, 6.07) is 0.0145. The Morgan fingerprint density at radius 1 is 1.40 bits per heavy atom. The van der Waals surface area contributed by atoms with Crippen molar-refractivity contribution in [1.29, 1.82) is 0 Å². The topological polar surface area (TPSA) is 50.8 Å². The maximum atomic E-state index is 12.0. The molecule has 1 rings (SSSR count). The molecule has 1 aliphatic heterocycles. The van der Waals surface area contributed by atoms with Gasteiger partial charge in [0.25, 0.3) is 0 Å². The number of carbonyl (C=O) groups excluding carboxylic acids is 1. The van der Waals surface area contributed by atoms with Crippen LogP contribution in [-0.4, -0.2) is 62.9 Å². The van der Waals surface area contributed by atoms with Gasteiger partial charge in [-0.2, -0.15) is 0 Å². The quantitative estimate of drug-likeness (QED) is 0.681. The van der Waals surface area contributed by atoms with Crippen LogP contribution in [0.4, 0.5) is 0 Å². The van der Waals surface area contributed by atoms with E-state index in [1.807, 2.05) is 20.8 Å². The van der Waals surface area contributed by atoms with Gasteiger partial charge in [0.2, 0.25) is 0 Å². The van der Waals surface area contributed by atoms with Crippen molar-refractivity contribution in [2.24, 2.45) is 5.92 Å². The number of ether oxygens (including phenoxy) is 2. The number of nitrogens with one attached hydrogen (secondary N) is 1. The van der Waals surface area contributed by atoms with Gasteiger partial charge in [-0.15, -0.1) is 0 Å². The average Bonchev–Trinajstić information content (AvgIpc) is 2.38. The van der Waals surface area contributed by atoms with Crippen molar-refractivity contribution < 1.29 is 14.3 Å². The largest absolute Gasteiger partial charge is 0.465 e. The van der Waals surface area contributed by atoms with Crippen molar-refractivity contribution in [2.45, 2.75) is 45.7 Å². The molecule has 0 aromatic rings. The molecule has 0 radical (unpaired) electrons. The van der Waals surface area contributed by atoms with E-state index in [4.69, 9.17) is 9.47 Å². The highest BCUT2D eigenvalue weighted by molar-refractivity contribution is 5.76. The molecule has 0 bridgehead atoms. The van der Waals surface area contributed by atoms with E-state index in [9.17, 15) is 4.79 Å². The summed E-state index contributed by atoms with van der Waals surface area (Å²) in [4.78, 5) is 14.2. The Balaban J connectivity index is 2.43. The molecule has 1 saturated heterocycles. The molecule has 1 fully saturated rings. The van der Waals surface area contributed by atoms with E-state index in [-0.39, 0.29) is 18.1 Å². The van der Waals surface area contributed by atoms with Crippen LogP contribution in [0, 0.1) is 5.92 Å². The second-order valence-corrected chi connectivity index (χ2v) is 5.90. The van der Waals surface area contributed by atoms with Gasteiger partial charge in [0.1, 0.15) is 6.04 Å². The van der Waals surface area contributed by atoms with E-state index < -0.39 is 0 Å². The number of carbonyl (C=O) groups is 1. The van der Waals surface area contributed by atoms with E-state index in [1.54, 1.807) is 0 Å². The van der Waals surface area contributed by atoms with Crippen molar-refractivity contribution in [1.82, 2.24) is 10.2 Å². The second kappa shape index (κ2) is 9.32. The Morgan fingerprint density at radius 3 is 2.60 bits per heavy atom. The molecule has 1 atom stereocenters. The van der Waals surface area contributed by atoms with Gasteiger partial charge in [0.15, 0.2) is 0 Å². The van der Waals surface area contributed by atoms with E-state index >= 15 is 0 Å². The summed E-state index contributed by atoms with van der Waals surface area (Å²) in [6.45, 7) is 9.80. The van der Waals surface area contributed by atoms with Gasteiger partial charge in [-0.25, -0.2) is 0 Å². The van der Waals surface area contributed by atoms with Gasteiger partial charge in [0, 0.05) is 32.3 Å². The first-order chi connectivity index (χ1) is 9.52. The highest BCUT2D eigenvalue weighted by atomic mass is 16.5. The van der Waals surface area contributed by atoms with Crippen molar-refractivity contribution in [3.05, 3.63) is 0 Å². The van der Waals surface area contributed by atoms with Gasteiger partial charge in [-0.3, -0.25) is 4.79 Å². The maximum Gasteiger partial charge on any atom is 0.324 e. The Kier molecular flexibility index (Phi) is 8.11. The van der Waals surface area contributed by atoms with Gasteiger partial charge in [0.05, 0.1) is 6.61 Å². The fourth-order valence-electron chi connectivity index (χ4n) is 2.60. The van der Waals surface area contributed by atoms with E-state index in [1.165, 1.54) is 0 Å². The number of nitrogens with zero attached hydrogens (tertiary/aromatic N) is 1. The third kappa shape index (κ3) is 6.68. The highest BCUT2D eigenvalue weighted by Crippen LogP contribution is 2.15. The van der Waals surface area contributed by atoms with Crippen molar-refractivity contribution in [3.8, 4) is 0 Å². The van der Waals surface area contributed by atoms with Crippen LogP contribution in [0.1, 0.15) is 33.6 Å². The van der Waals surface area contributed by atoms with Crippen LogP contribution in [0.15, 0.2) is 0 Å². The average molecular weight is 286 g/mol. The lowest BCUT2D eigenvalue weighted by Gasteiger charge is -2.30. The van der Waals surface area contributed by atoms with Crippen LogP contribution in [0.25, 0.3) is 0 Å². The monoisotopic (exact) mass is 286 g/mol. The Bertz CT molecular complexity index is 278. The minimum atomic E-state index is -0.250. The summed E-state index contributed by atoms with van der Waals surface area (Å²) >= 11 is 0. The highest BCUT2D eigenvalue weighted by Gasteiger charge is 2.24. The minimum absolute atomic E-state index is 0.153. The fraction of sp³-hybridized carbons (Fsp3) is 0.933. The van der Waals surface area contributed by atoms with Crippen LogP contribution in [-0.2, 0) is 14.3 Å². The van der Waals surface area contributed by atoms with Gasteiger partial charge < -0.3 is 19.7 Å². The predicted molar refractivity (Wildman–Crippen MR) is 79.7 cm³/mol. The minimum Gasteiger partial charge on any atom is -0.465 e. The number of hydrogen-bond donors (Lipinski definition) is 1. The van der Waals surface area contributed by atoms with Crippen molar-refractivity contribution in [3.63, 3.8) is 0 Å². The molecule has 0 aromatic carbocycles. The summed E-state index contributed by atoms with van der Waals surface area (Å²) in [5.74, 6) is 0.524. The zero-order valence-corrected chi connectivity index (χ0v) is 13.4. The molecule has 1 unspecified atom stereocenters. The zero-order valence-electron chi connectivity index (χ0n) is 13.4. The molecule has 0 aromatic heterocycles. The molecular weight excluding hydrogens is 256 g/mol. The predicted octanol–water partition coefficient (Wildman–Crippen LogP) is 1.27. The van der Waals surface area contributed by atoms with Crippen molar-refractivity contribution in [2.75, 3.05) is 40.0 Å². The third-order valence-electron chi connectivity index (χ3n) is 3.51. The van der Waals surface area contributed by atoms with Crippen LogP contribution in [0.2, 0.25) is 0 Å². The number of rotatable bonds is 8. The van der Waals surface area contributed by atoms with Crippen LogP contribution in [0.3, 0.4) is 0 Å². The van der Waals surface area contributed by atoms with Crippen molar-refractivity contribution >= 4 is 5.97 Å². The molecule has 0 aliphatic carbocycles. The number of likely N-dealkylation sites (N-methyl/N-ethyl adjacent to an activating group) is 1.